The second kappa shape index (κ2) is 6.45. The summed E-state index contributed by atoms with van der Waals surface area (Å²) < 4.78 is 40.6. The van der Waals surface area contributed by atoms with Gasteiger partial charge in [0.1, 0.15) is 0 Å². The van der Waals surface area contributed by atoms with Crippen LogP contribution in [0.1, 0.15) is 40.5 Å². The highest BCUT2D eigenvalue weighted by molar-refractivity contribution is 4.76. The molecular weight excluding hydrogens is 219 g/mol. The maximum Gasteiger partial charge on any atom is 0.391 e. The van der Waals surface area contributed by atoms with Crippen LogP contribution in [0.4, 0.5) is 13.2 Å². The molecule has 0 heterocycles. The van der Waals surface area contributed by atoms with E-state index in [0.717, 1.165) is 6.42 Å². The van der Waals surface area contributed by atoms with E-state index >= 15 is 0 Å². The van der Waals surface area contributed by atoms with Crippen LogP contribution in [0, 0.1) is 0 Å². The first-order chi connectivity index (χ1) is 7.16. The first-order valence-corrected chi connectivity index (χ1v) is 5.59. The summed E-state index contributed by atoms with van der Waals surface area (Å²) in [5.41, 5.74) is 0.00163. The lowest BCUT2D eigenvalue weighted by Gasteiger charge is -2.26. The van der Waals surface area contributed by atoms with Gasteiger partial charge < -0.3 is 10.1 Å². The fourth-order valence-corrected chi connectivity index (χ4v) is 0.980. The molecule has 0 aliphatic carbocycles. The van der Waals surface area contributed by atoms with Gasteiger partial charge in [0.2, 0.25) is 0 Å². The largest absolute Gasteiger partial charge is 0.391 e. The summed E-state index contributed by atoms with van der Waals surface area (Å²) >= 11 is 0. The minimum Gasteiger partial charge on any atom is -0.377 e. The van der Waals surface area contributed by atoms with Crippen LogP contribution in [-0.4, -0.2) is 31.0 Å². The highest BCUT2D eigenvalue weighted by atomic mass is 19.4. The van der Waals surface area contributed by atoms with Gasteiger partial charge in [-0.3, -0.25) is 0 Å². The van der Waals surface area contributed by atoms with Crippen molar-refractivity contribution < 1.29 is 17.9 Å². The van der Waals surface area contributed by atoms with E-state index in [0.29, 0.717) is 6.54 Å². The summed E-state index contributed by atoms with van der Waals surface area (Å²) in [5.74, 6) is 0. The third-order valence-corrected chi connectivity index (χ3v) is 2.54. The minimum absolute atomic E-state index is 0.00163. The van der Waals surface area contributed by atoms with Crippen LogP contribution in [0.2, 0.25) is 0 Å². The van der Waals surface area contributed by atoms with Crippen molar-refractivity contribution in [3.05, 3.63) is 0 Å². The van der Waals surface area contributed by atoms with Gasteiger partial charge in [0, 0.05) is 12.1 Å². The van der Waals surface area contributed by atoms with E-state index in [2.05, 4.69) is 26.1 Å². The van der Waals surface area contributed by atoms with Gasteiger partial charge in [0.05, 0.1) is 19.1 Å². The third kappa shape index (κ3) is 8.97. The SMILES string of the molecule is CCC(C)(C)NCC(C)OCCC(F)(F)F. The van der Waals surface area contributed by atoms with Crippen molar-refractivity contribution in [1.82, 2.24) is 5.32 Å². The number of nitrogens with one attached hydrogen (secondary N) is 1. The van der Waals surface area contributed by atoms with Crippen LogP contribution in [0.5, 0.6) is 0 Å². The number of halogens is 3. The summed E-state index contributed by atoms with van der Waals surface area (Å²) in [7, 11) is 0. The van der Waals surface area contributed by atoms with Crippen molar-refractivity contribution in [2.75, 3.05) is 13.2 Å². The Balaban J connectivity index is 3.64. The summed E-state index contributed by atoms with van der Waals surface area (Å²) in [6.07, 6.45) is -4.25. The molecule has 2 nitrogen and oxygen atoms in total. The zero-order valence-electron chi connectivity index (χ0n) is 10.4. The number of hydrogen-bond acceptors (Lipinski definition) is 2. The zero-order valence-corrected chi connectivity index (χ0v) is 10.4. The van der Waals surface area contributed by atoms with Crippen molar-refractivity contribution in [2.24, 2.45) is 0 Å². The molecule has 0 fully saturated rings. The summed E-state index contributed by atoms with van der Waals surface area (Å²) in [6, 6.07) is 0. The average Bonchev–Trinajstić information content (AvgIpc) is 2.13. The Labute approximate surface area is 95.5 Å². The molecule has 0 rings (SSSR count). The van der Waals surface area contributed by atoms with E-state index < -0.39 is 12.6 Å². The maximum absolute atomic E-state index is 11.8. The molecule has 0 aliphatic heterocycles. The molecule has 5 heteroatoms. The highest BCUT2D eigenvalue weighted by Gasteiger charge is 2.27. The van der Waals surface area contributed by atoms with E-state index in [-0.39, 0.29) is 18.2 Å². The predicted octanol–water partition coefficient (Wildman–Crippen LogP) is 3.12. The molecular formula is C11H22F3NO. The molecule has 0 aromatic rings. The third-order valence-electron chi connectivity index (χ3n) is 2.54. The van der Waals surface area contributed by atoms with Crippen LogP contribution in [0.15, 0.2) is 0 Å². The predicted molar refractivity (Wildman–Crippen MR) is 58.5 cm³/mol. The smallest absolute Gasteiger partial charge is 0.377 e. The van der Waals surface area contributed by atoms with E-state index in [9.17, 15) is 13.2 Å². The van der Waals surface area contributed by atoms with E-state index in [4.69, 9.17) is 4.74 Å². The Hall–Kier alpha value is -0.290. The number of ether oxygens (including phenoxy) is 1. The van der Waals surface area contributed by atoms with Gasteiger partial charge >= 0.3 is 6.18 Å². The van der Waals surface area contributed by atoms with Crippen molar-refractivity contribution in [2.45, 2.75) is 58.4 Å². The lowest BCUT2D eigenvalue weighted by molar-refractivity contribution is -0.148. The molecule has 0 amide bonds. The Morgan fingerprint density at radius 1 is 1.25 bits per heavy atom. The van der Waals surface area contributed by atoms with Gasteiger partial charge in [-0.1, -0.05) is 6.92 Å². The molecule has 0 bridgehead atoms. The van der Waals surface area contributed by atoms with Crippen LogP contribution in [-0.2, 0) is 4.74 Å². The Morgan fingerprint density at radius 2 is 1.81 bits per heavy atom. The van der Waals surface area contributed by atoms with Crippen molar-refractivity contribution in [1.29, 1.82) is 0 Å². The first kappa shape index (κ1) is 15.7. The van der Waals surface area contributed by atoms with Crippen LogP contribution in [0.3, 0.4) is 0 Å². The van der Waals surface area contributed by atoms with Gasteiger partial charge in [-0.05, 0) is 27.2 Å². The Kier molecular flexibility index (Phi) is 6.33. The molecule has 0 spiro atoms. The number of alkyl halides is 3. The quantitative estimate of drug-likeness (QED) is 0.739. The summed E-state index contributed by atoms with van der Waals surface area (Å²) in [5, 5.41) is 3.25. The average molecular weight is 241 g/mol. The van der Waals surface area contributed by atoms with E-state index in [1.54, 1.807) is 6.92 Å². The fourth-order valence-electron chi connectivity index (χ4n) is 0.980. The molecule has 98 valence electrons. The molecule has 16 heavy (non-hydrogen) atoms. The van der Waals surface area contributed by atoms with Crippen molar-refractivity contribution >= 4 is 0 Å². The highest BCUT2D eigenvalue weighted by Crippen LogP contribution is 2.19. The molecule has 0 saturated carbocycles. The molecule has 0 aromatic heterocycles. The normalized spacial score (nSPS) is 15.2. The van der Waals surface area contributed by atoms with E-state index in [1.165, 1.54) is 0 Å². The molecule has 0 saturated heterocycles. The van der Waals surface area contributed by atoms with Crippen LogP contribution in [0.25, 0.3) is 0 Å². The van der Waals surface area contributed by atoms with Gasteiger partial charge in [-0.25, -0.2) is 0 Å². The van der Waals surface area contributed by atoms with Crippen LogP contribution < -0.4 is 5.32 Å². The second-order valence-electron chi connectivity index (χ2n) is 4.66. The molecule has 0 aromatic carbocycles. The maximum atomic E-state index is 11.8. The number of hydrogen-bond donors (Lipinski definition) is 1. The second-order valence-corrected chi connectivity index (χ2v) is 4.66. The van der Waals surface area contributed by atoms with Crippen molar-refractivity contribution in [3.8, 4) is 0 Å². The lowest BCUT2D eigenvalue weighted by Crippen LogP contribution is -2.42. The number of rotatable bonds is 7. The van der Waals surface area contributed by atoms with Gasteiger partial charge in [-0.15, -0.1) is 0 Å². The zero-order chi connectivity index (χ0) is 12.8. The molecule has 1 unspecified atom stereocenters. The topological polar surface area (TPSA) is 21.3 Å². The molecule has 0 aliphatic rings. The fraction of sp³-hybridized carbons (Fsp3) is 1.00. The Bertz CT molecular complexity index is 192. The van der Waals surface area contributed by atoms with E-state index in [1.807, 2.05) is 0 Å². The lowest BCUT2D eigenvalue weighted by atomic mass is 10.0. The standard InChI is InChI=1S/C11H22F3NO/c1-5-10(3,4)15-8-9(2)16-7-6-11(12,13)14/h9,15H,5-8H2,1-4H3. The Morgan fingerprint density at radius 3 is 2.25 bits per heavy atom. The van der Waals surface area contributed by atoms with Gasteiger partial charge in [0.15, 0.2) is 0 Å². The monoisotopic (exact) mass is 241 g/mol. The summed E-state index contributed by atoms with van der Waals surface area (Å²) in [6.45, 7) is 8.24. The minimum atomic E-state index is -4.13. The first-order valence-electron chi connectivity index (χ1n) is 5.59. The molecule has 1 atom stereocenters. The van der Waals surface area contributed by atoms with Crippen molar-refractivity contribution in [3.63, 3.8) is 0 Å². The van der Waals surface area contributed by atoms with Crippen LogP contribution >= 0.6 is 0 Å². The molecule has 0 radical (unpaired) electrons. The summed E-state index contributed by atoms with van der Waals surface area (Å²) in [4.78, 5) is 0. The van der Waals surface area contributed by atoms with Gasteiger partial charge in [0.25, 0.3) is 0 Å². The molecule has 1 N–H and O–H groups in total. The van der Waals surface area contributed by atoms with Gasteiger partial charge in [-0.2, -0.15) is 13.2 Å².